The number of hydrogen-bond donors (Lipinski definition) is 0. The van der Waals surface area contributed by atoms with Gasteiger partial charge in [-0.05, 0) is 51.2 Å². The van der Waals surface area contributed by atoms with E-state index in [9.17, 15) is 4.79 Å². The van der Waals surface area contributed by atoms with Crippen LogP contribution in [0.5, 0.6) is 0 Å². The Morgan fingerprint density at radius 1 is 1.24 bits per heavy atom. The second-order valence-electron chi connectivity index (χ2n) is 7.93. The van der Waals surface area contributed by atoms with Gasteiger partial charge in [0.2, 0.25) is 5.91 Å². The molecule has 0 N–H and O–H groups in total. The van der Waals surface area contributed by atoms with E-state index in [1.54, 1.807) is 0 Å². The normalized spacial score (nSPS) is 25.8. The van der Waals surface area contributed by atoms with E-state index >= 15 is 0 Å². The minimum Gasteiger partial charge on any atom is -0.373 e. The van der Waals surface area contributed by atoms with E-state index in [2.05, 4.69) is 47.1 Å². The molecule has 1 amide bonds. The van der Waals surface area contributed by atoms with Crippen molar-refractivity contribution in [3.05, 3.63) is 30.3 Å². The molecular formula is C21H30N2O2. The monoisotopic (exact) mass is 342 g/mol. The molecule has 0 bridgehead atoms. The van der Waals surface area contributed by atoms with Crippen LogP contribution in [0, 0.1) is 5.92 Å². The molecule has 3 fully saturated rings. The lowest BCUT2D eigenvalue weighted by Crippen LogP contribution is -2.49. The van der Waals surface area contributed by atoms with Crippen LogP contribution in [0.2, 0.25) is 0 Å². The van der Waals surface area contributed by atoms with Gasteiger partial charge >= 0.3 is 0 Å². The Morgan fingerprint density at radius 2 is 1.96 bits per heavy atom. The van der Waals surface area contributed by atoms with Crippen LogP contribution < -0.4 is 4.90 Å². The fraction of sp³-hybridized carbons (Fsp3) is 0.667. The Hall–Kier alpha value is -1.55. The average Bonchev–Trinajstić information content (AvgIpc) is 2.99. The van der Waals surface area contributed by atoms with E-state index in [4.69, 9.17) is 4.74 Å². The van der Waals surface area contributed by atoms with Crippen molar-refractivity contribution in [2.45, 2.75) is 57.1 Å². The average molecular weight is 342 g/mol. The molecule has 4 nitrogen and oxygen atoms in total. The Bertz CT molecular complexity index is 591. The van der Waals surface area contributed by atoms with Crippen LogP contribution in [0.1, 0.15) is 45.4 Å². The first kappa shape index (κ1) is 16.9. The molecule has 4 heteroatoms. The predicted molar refractivity (Wildman–Crippen MR) is 99.7 cm³/mol. The number of rotatable bonds is 4. The minimum atomic E-state index is -0.0107. The van der Waals surface area contributed by atoms with Crippen LogP contribution in [0.15, 0.2) is 30.3 Å². The molecule has 2 heterocycles. The first-order chi connectivity index (χ1) is 12.2. The Labute approximate surface area is 151 Å². The van der Waals surface area contributed by atoms with Crippen LogP contribution in [0.3, 0.4) is 0 Å². The standard InChI is InChI=1S/C21H30N2O2/c1-2-23(18-9-4-3-5-10-18)19-15-21(25-16-19)11-13-22(14-12-21)20(24)17-7-6-8-17/h3-5,9-10,17,19H,2,6-8,11-16H2,1H3/t19-/m1/s1. The van der Waals surface area contributed by atoms with Gasteiger partial charge in [-0.3, -0.25) is 4.79 Å². The van der Waals surface area contributed by atoms with E-state index in [0.717, 1.165) is 58.3 Å². The van der Waals surface area contributed by atoms with Gasteiger partial charge in [-0.25, -0.2) is 0 Å². The number of anilines is 1. The van der Waals surface area contributed by atoms with E-state index in [1.807, 2.05) is 0 Å². The lowest BCUT2D eigenvalue weighted by Gasteiger charge is -2.41. The third-order valence-corrected chi connectivity index (χ3v) is 6.50. The van der Waals surface area contributed by atoms with Crippen LogP contribution >= 0.6 is 0 Å². The summed E-state index contributed by atoms with van der Waals surface area (Å²) in [6, 6.07) is 11.1. The summed E-state index contributed by atoms with van der Waals surface area (Å²) in [5.41, 5.74) is 1.27. The third kappa shape index (κ3) is 3.29. The molecule has 2 saturated heterocycles. The van der Waals surface area contributed by atoms with Gasteiger partial charge < -0.3 is 14.5 Å². The largest absolute Gasteiger partial charge is 0.373 e. The fourth-order valence-corrected chi connectivity index (χ4v) is 4.69. The first-order valence-corrected chi connectivity index (χ1v) is 9.95. The van der Waals surface area contributed by atoms with Gasteiger partial charge in [-0.2, -0.15) is 0 Å². The quantitative estimate of drug-likeness (QED) is 0.840. The number of para-hydroxylation sites is 1. The van der Waals surface area contributed by atoms with Crippen molar-refractivity contribution in [1.82, 2.24) is 4.90 Å². The molecule has 1 saturated carbocycles. The van der Waals surface area contributed by atoms with E-state index in [1.165, 1.54) is 12.1 Å². The maximum atomic E-state index is 12.5. The summed E-state index contributed by atoms with van der Waals surface area (Å²) in [5, 5.41) is 0. The molecule has 1 aromatic rings. The summed E-state index contributed by atoms with van der Waals surface area (Å²) in [6.45, 7) is 5.77. The number of ether oxygens (including phenoxy) is 1. The number of carbonyl (C=O) groups is 1. The summed E-state index contributed by atoms with van der Waals surface area (Å²) in [5.74, 6) is 0.718. The van der Waals surface area contributed by atoms with Gasteiger partial charge in [0.05, 0.1) is 18.2 Å². The molecule has 1 atom stereocenters. The lowest BCUT2D eigenvalue weighted by atomic mass is 9.82. The Morgan fingerprint density at radius 3 is 2.56 bits per heavy atom. The van der Waals surface area contributed by atoms with Crippen LogP contribution in [0.25, 0.3) is 0 Å². The molecule has 136 valence electrons. The van der Waals surface area contributed by atoms with Gasteiger partial charge in [0, 0.05) is 31.2 Å². The smallest absolute Gasteiger partial charge is 0.225 e. The van der Waals surface area contributed by atoms with Crippen molar-refractivity contribution in [1.29, 1.82) is 0 Å². The van der Waals surface area contributed by atoms with Crippen molar-refractivity contribution in [3.8, 4) is 0 Å². The molecule has 0 radical (unpaired) electrons. The molecule has 2 aliphatic heterocycles. The predicted octanol–water partition coefficient (Wildman–Crippen LogP) is 3.46. The Balaban J connectivity index is 1.36. The van der Waals surface area contributed by atoms with Crippen LogP contribution in [0.4, 0.5) is 5.69 Å². The van der Waals surface area contributed by atoms with Crippen molar-refractivity contribution in [2.75, 3.05) is 31.1 Å². The number of benzene rings is 1. The van der Waals surface area contributed by atoms with Crippen LogP contribution in [-0.4, -0.2) is 48.7 Å². The number of amides is 1. The summed E-state index contributed by atoms with van der Waals surface area (Å²) in [6.07, 6.45) is 6.50. The van der Waals surface area contributed by atoms with Crippen molar-refractivity contribution in [3.63, 3.8) is 0 Å². The van der Waals surface area contributed by atoms with Gasteiger partial charge in [0.25, 0.3) is 0 Å². The number of piperidine rings is 1. The van der Waals surface area contributed by atoms with Crippen molar-refractivity contribution in [2.24, 2.45) is 5.92 Å². The van der Waals surface area contributed by atoms with E-state index in [-0.39, 0.29) is 5.60 Å². The zero-order chi connectivity index (χ0) is 17.3. The van der Waals surface area contributed by atoms with Crippen molar-refractivity contribution < 1.29 is 9.53 Å². The maximum absolute atomic E-state index is 12.5. The topological polar surface area (TPSA) is 32.8 Å². The highest BCUT2D eigenvalue weighted by atomic mass is 16.5. The first-order valence-electron chi connectivity index (χ1n) is 9.95. The summed E-state index contributed by atoms with van der Waals surface area (Å²) < 4.78 is 6.35. The fourth-order valence-electron chi connectivity index (χ4n) is 4.69. The molecule has 4 rings (SSSR count). The number of carbonyl (C=O) groups excluding carboxylic acids is 1. The zero-order valence-electron chi connectivity index (χ0n) is 15.3. The molecule has 25 heavy (non-hydrogen) atoms. The van der Waals surface area contributed by atoms with Crippen LogP contribution in [-0.2, 0) is 9.53 Å². The summed E-state index contributed by atoms with van der Waals surface area (Å²) >= 11 is 0. The van der Waals surface area contributed by atoms with Gasteiger partial charge in [0.1, 0.15) is 0 Å². The maximum Gasteiger partial charge on any atom is 0.225 e. The highest BCUT2D eigenvalue weighted by Crippen LogP contribution is 2.39. The van der Waals surface area contributed by atoms with Gasteiger partial charge in [-0.15, -0.1) is 0 Å². The lowest BCUT2D eigenvalue weighted by molar-refractivity contribution is -0.142. The molecule has 1 aliphatic carbocycles. The molecule has 3 aliphatic rings. The number of likely N-dealkylation sites (N-methyl/N-ethyl adjacent to an activating group) is 1. The number of likely N-dealkylation sites (tertiary alicyclic amines) is 1. The molecule has 1 spiro atoms. The SMILES string of the molecule is CCN(c1ccccc1)[C@H]1COC2(CCN(C(=O)C3CCC3)CC2)C1. The third-order valence-electron chi connectivity index (χ3n) is 6.50. The second-order valence-corrected chi connectivity index (χ2v) is 7.93. The molecule has 1 aromatic carbocycles. The summed E-state index contributed by atoms with van der Waals surface area (Å²) in [7, 11) is 0. The second kappa shape index (κ2) is 6.99. The highest BCUT2D eigenvalue weighted by Gasteiger charge is 2.45. The number of hydrogen-bond acceptors (Lipinski definition) is 3. The van der Waals surface area contributed by atoms with E-state index < -0.39 is 0 Å². The van der Waals surface area contributed by atoms with Gasteiger partial charge in [0.15, 0.2) is 0 Å². The Kier molecular flexibility index (Phi) is 4.72. The molecular weight excluding hydrogens is 312 g/mol. The highest BCUT2D eigenvalue weighted by molar-refractivity contribution is 5.79. The van der Waals surface area contributed by atoms with E-state index in [0.29, 0.717) is 17.9 Å². The zero-order valence-corrected chi connectivity index (χ0v) is 15.3. The summed E-state index contributed by atoms with van der Waals surface area (Å²) in [4.78, 5) is 17.0. The minimum absolute atomic E-state index is 0.0107. The molecule has 0 aromatic heterocycles. The number of nitrogens with zero attached hydrogens (tertiary/aromatic N) is 2. The van der Waals surface area contributed by atoms with Crippen molar-refractivity contribution >= 4 is 11.6 Å². The van der Waals surface area contributed by atoms with Gasteiger partial charge in [-0.1, -0.05) is 24.6 Å². The molecule has 0 unspecified atom stereocenters.